The normalized spacial score (nSPS) is 11.2. The van der Waals surface area contributed by atoms with E-state index in [1.165, 1.54) is 39.5 Å². The molecule has 156 valence electrons. The van der Waals surface area contributed by atoms with Crippen molar-refractivity contribution in [1.82, 2.24) is 14.9 Å². The zero-order chi connectivity index (χ0) is 20.5. The summed E-state index contributed by atoms with van der Waals surface area (Å²) >= 11 is 0. The molecule has 29 heavy (non-hydrogen) atoms. The molecule has 0 unspecified atom stereocenters. The van der Waals surface area contributed by atoms with Crippen molar-refractivity contribution < 1.29 is 22.3 Å². The van der Waals surface area contributed by atoms with E-state index in [2.05, 4.69) is 14.9 Å². The monoisotopic (exact) mass is 443 g/mol. The molecule has 0 saturated heterocycles. The van der Waals surface area contributed by atoms with Gasteiger partial charge in [-0.2, -0.15) is 5.10 Å². The van der Waals surface area contributed by atoms with Crippen LogP contribution in [0.1, 0.15) is 5.56 Å². The first kappa shape index (κ1) is 22.6. The molecule has 2 N–H and O–H groups in total. The molecule has 11 heteroatoms. The molecule has 0 amide bonds. The van der Waals surface area contributed by atoms with Gasteiger partial charge in [-0.25, -0.2) is 22.6 Å². The first-order chi connectivity index (χ1) is 13.3. The largest absolute Gasteiger partial charge is 0.493 e. The number of rotatable bonds is 6. The van der Waals surface area contributed by atoms with E-state index in [4.69, 9.17) is 9.47 Å². The summed E-state index contributed by atoms with van der Waals surface area (Å²) in [5, 5.41) is 7.16. The molecule has 3 aromatic rings. The van der Waals surface area contributed by atoms with Gasteiger partial charge in [0, 0.05) is 16.5 Å². The summed E-state index contributed by atoms with van der Waals surface area (Å²) < 4.78 is 50.5. The number of H-pyrrole nitrogens is 1. The van der Waals surface area contributed by atoms with Gasteiger partial charge in [-0.3, -0.25) is 4.79 Å². The number of fused-ring (bicyclic) bond motifs is 1. The van der Waals surface area contributed by atoms with Crippen LogP contribution in [0.3, 0.4) is 0 Å². The Labute approximate surface area is 172 Å². The summed E-state index contributed by atoms with van der Waals surface area (Å²) in [6, 6.07) is 7.20. The standard InChI is InChI=1S/C18H18FN3O5S.ClH/c1-20-28(24,25)9-11-5-4-10(6-14(11)19)17-12-7-15(26-2)16(27-3)8-13(12)18(23)22-21-17;/h4-8,20H,9H2,1-3H3,(H,22,23);1H. The number of aromatic amines is 1. The quantitative estimate of drug-likeness (QED) is 0.604. The summed E-state index contributed by atoms with van der Waals surface area (Å²) in [6.45, 7) is 0. The molecule has 0 fully saturated rings. The molecule has 0 aliphatic carbocycles. The van der Waals surface area contributed by atoms with Gasteiger partial charge in [0.05, 0.1) is 31.1 Å². The number of hydrogen-bond donors (Lipinski definition) is 2. The molecule has 1 heterocycles. The number of benzene rings is 2. The van der Waals surface area contributed by atoms with E-state index in [9.17, 15) is 17.6 Å². The molecule has 0 atom stereocenters. The van der Waals surface area contributed by atoms with Crippen molar-refractivity contribution in [1.29, 1.82) is 0 Å². The van der Waals surface area contributed by atoms with E-state index in [1.54, 1.807) is 12.1 Å². The highest BCUT2D eigenvalue weighted by Crippen LogP contribution is 2.34. The highest BCUT2D eigenvalue weighted by molar-refractivity contribution is 7.88. The second kappa shape index (κ2) is 8.76. The maximum atomic E-state index is 14.5. The number of aromatic nitrogens is 2. The number of methoxy groups -OCH3 is 2. The number of halogens is 2. The lowest BCUT2D eigenvalue weighted by atomic mass is 10.0. The molecule has 0 spiro atoms. The first-order valence-corrected chi connectivity index (χ1v) is 9.79. The van der Waals surface area contributed by atoms with Crippen molar-refractivity contribution in [3.05, 3.63) is 52.1 Å². The molecular formula is C18H19ClFN3O5S. The van der Waals surface area contributed by atoms with Crippen molar-refractivity contribution in [3.63, 3.8) is 0 Å². The zero-order valence-electron chi connectivity index (χ0n) is 15.8. The summed E-state index contributed by atoms with van der Waals surface area (Å²) in [5.74, 6) is -0.421. The minimum atomic E-state index is -3.61. The number of nitrogens with zero attached hydrogens (tertiary/aromatic N) is 1. The molecule has 0 saturated carbocycles. The van der Waals surface area contributed by atoms with E-state index >= 15 is 0 Å². The van der Waals surface area contributed by atoms with Gasteiger partial charge in [-0.15, -0.1) is 12.4 Å². The maximum absolute atomic E-state index is 14.5. The Hall–Kier alpha value is -2.69. The Morgan fingerprint density at radius 2 is 1.72 bits per heavy atom. The van der Waals surface area contributed by atoms with Crippen LogP contribution in [0.15, 0.2) is 35.1 Å². The topological polar surface area (TPSA) is 110 Å². The molecule has 1 aromatic heterocycles. The molecule has 8 nitrogen and oxygen atoms in total. The Morgan fingerprint density at radius 3 is 2.28 bits per heavy atom. The van der Waals surface area contributed by atoms with Crippen LogP contribution in [0.25, 0.3) is 22.0 Å². The highest BCUT2D eigenvalue weighted by Gasteiger charge is 2.17. The number of hydrogen-bond acceptors (Lipinski definition) is 6. The predicted molar refractivity (Wildman–Crippen MR) is 110 cm³/mol. The maximum Gasteiger partial charge on any atom is 0.272 e. The van der Waals surface area contributed by atoms with E-state index in [1.807, 2.05) is 0 Å². The smallest absolute Gasteiger partial charge is 0.272 e. The fraction of sp³-hybridized carbons (Fsp3) is 0.222. The van der Waals surface area contributed by atoms with Gasteiger partial charge in [0.25, 0.3) is 5.56 Å². The average molecular weight is 444 g/mol. The van der Waals surface area contributed by atoms with Gasteiger partial charge < -0.3 is 9.47 Å². The number of sulfonamides is 1. The van der Waals surface area contributed by atoms with Gasteiger partial charge in [-0.1, -0.05) is 12.1 Å². The van der Waals surface area contributed by atoms with Crippen LogP contribution in [0.5, 0.6) is 11.5 Å². The molecule has 0 aliphatic rings. The van der Waals surface area contributed by atoms with Crippen molar-refractivity contribution >= 4 is 33.2 Å². The van der Waals surface area contributed by atoms with E-state index in [0.29, 0.717) is 33.5 Å². The Bertz CT molecular complexity index is 1210. The van der Waals surface area contributed by atoms with Gasteiger partial charge in [0.15, 0.2) is 11.5 Å². The summed E-state index contributed by atoms with van der Waals surface area (Å²) in [5.41, 5.74) is 0.275. The number of nitrogens with one attached hydrogen (secondary N) is 2. The van der Waals surface area contributed by atoms with Crippen molar-refractivity contribution in [2.45, 2.75) is 5.75 Å². The van der Waals surface area contributed by atoms with Crippen molar-refractivity contribution in [2.75, 3.05) is 21.3 Å². The second-order valence-corrected chi connectivity index (χ2v) is 7.85. The Balaban J connectivity index is 0.00000300. The average Bonchev–Trinajstić information content (AvgIpc) is 2.69. The fourth-order valence-corrected chi connectivity index (χ4v) is 3.59. The summed E-state index contributed by atoms with van der Waals surface area (Å²) in [7, 11) is 0.561. The molecule has 0 radical (unpaired) electrons. The third kappa shape index (κ3) is 4.50. The predicted octanol–water partition coefficient (Wildman–Crippen LogP) is 2.22. The number of ether oxygens (including phenoxy) is 2. The van der Waals surface area contributed by atoms with Crippen LogP contribution < -0.4 is 19.8 Å². The SMILES string of the molecule is CNS(=O)(=O)Cc1ccc(-c2n[nH]c(=O)c3cc(OC)c(OC)cc23)cc1F.Cl. The Morgan fingerprint density at radius 1 is 1.10 bits per heavy atom. The van der Waals surface area contributed by atoms with Crippen LogP contribution in [0, 0.1) is 5.82 Å². The Kier molecular flexibility index (Phi) is 6.83. The summed E-state index contributed by atoms with van der Waals surface area (Å²) in [6.07, 6.45) is 0. The van der Waals surface area contributed by atoms with Gasteiger partial charge in [0.2, 0.25) is 10.0 Å². The molecule has 0 bridgehead atoms. The lowest BCUT2D eigenvalue weighted by molar-refractivity contribution is 0.356. The van der Waals surface area contributed by atoms with E-state index < -0.39 is 27.2 Å². The lowest BCUT2D eigenvalue weighted by Gasteiger charge is -2.12. The van der Waals surface area contributed by atoms with E-state index in [0.717, 1.165) is 0 Å². The fourth-order valence-electron chi connectivity index (χ4n) is 2.80. The third-order valence-electron chi connectivity index (χ3n) is 4.28. The van der Waals surface area contributed by atoms with Crippen LogP contribution in [0.4, 0.5) is 4.39 Å². The molecule has 0 aliphatic heterocycles. The highest BCUT2D eigenvalue weighted by atomic mass is 35.5. The van der Waals surface area contributed by atoms with Crippen LogP contribution in [-0.4, -0.2) is 39.9 Å². The third-order valence-corrected chi connectivity index (χ3v) is 5.59. The lowest BCUT2D eigenvalue weighted by Crippen LogP contribution is -2.20. The van der Waals surface area contributed by atoms with E-state index in [-0.39, 0.29) is 18.0 Å². The summed E-state index contributed by atoms with van der Waals surface area (Å²) in [4.78, 5) is 12.2. The minimum absolute atomic E-state index is 0. The zero-order valence-corrected chi connectivity index (χ0v) is 17.4. The van der Waals surface area contributed by atoms with Crippen LogP contribution >= 0.6 is 12.4 Å². The van der Waals surface area contributed by atoms with Gasteiger partial charge in [-0.05, 0) is 25.2 Å². The first-order valence-electron chi connectivity index (χ1n) is 8.14. The molecular weight excluding hydrogens is 425 g/mol. The van der Waals surface area contributed by atoms with Crippen molar-refractivity contribution in [2.24, 2.45) is 0 Å². The van der Waals surface area contributed by atoms with Gasteiger partial charge >= 0.3 is 0 Å². The van der Waals surface area contributed by atoms with Gasteiger partial charge in [0.1, 0.15) is 5.82 Å². The minimum Gasteiger partial charge on any atom is -0.493 e. The molecule has 2 aromatic carbocycles. The van der Waals surface area contributed by atoms with Crippen molar-refractivity contribution in [3.8, 4) is 22.8 Å². The van der Waals surface area contributed by atoms with Crippen LogP contribution in [-0.2, 0) is 15.8 Å². The molecule has 3 rings (SSSR count). The van der Waals surface area contributed by atoms with Crippen LogP contribution in [0.2, 0.25) is 0 Å². The second-order valence-electron chi connectivity index (χ2n) is 5.92.